The number of likely N-dealkylation sites (tertiary alicyclic amines) is 1. The molecule has 4 rings (SSSR count). The van der Waals surface area contributed by atoms with Gasteiger partial charge in [-0.25, -0.2) is 4.98 Å². The fourth-order valence-electron chi connectivity index (χ4n) is 3.02. The van der Waals surface area contributed by atoms with E-state index in [1.54, 1.807) is 12.5 Å². The van der Waals surface area contributed by atoms with Crippen LogP contribution in [0.4, 0.5) is 0 Å². The van der Waals surface area contributed by atoms with Crippen LogP contribution in [0.15, 0.2) is 59.5 Å². The predicted molar refractivity (Wildman–Crippen MR) is 104 cm³/mol. The molecule has 4 nitrogen and oxygen atoms in total. The fourth-order valence-corrected chi connectivity index (χ4v) is 3.02. The third-order valence-electron chi connectivity index (χ3n) is 4.26. The summed E-state index contributed by atoms with van der Waals surface area (Å²) in [6.45, 7) is 3.22. The van der Waals surface area contributed by atoms with Crippen molar-refractivity contribution in [3.63, 3.8) is 0 Å². The number of hydrogen-bond donors (Lipinski definition) is 0. The van der Waals surface area contributed by atoms with Crippen molar-refractivity contribution >= 4 is 24.8 Å². The lowest BCUT2D eigenvalue weighted by atomic mass is 10.1. The minimum atomic E-state index is 0. The number of hydrogen-bond acceptors (Lipinski definition) is 4. The van der Waals surface area contributed by atoms with E-state index < -0.39 is 0 Å². The molecule has 1 aliphatic rings. The van der Waals surface area contributed by atoms with Gasteiger partial charge >= 0.3 is 0 Å². The van der Waals surface area contributed by atoms with Crippen LogP contribution in [0.5, 0.6) is 0 Å². The Kier molecular flexibility index (Phi) is 7.00. The van der Waals surface area contributed by atoms with Crippen LogP contribution in [-0.2, 0) is 6.54 Å². The zero-order valence-electron chi connectivity index (χ0n) is 13.8. The molecule has 1 aliphatic heterocycles. The van der Waals surface area contributed by atoms with Gasteiger partial charge in [-0.15, -0.1) is 24.8 Å². The molecule has 0 aliphatic carbocycles. The van der Waals surface area contributed by atoms with E-state index in [-0.39, 0.29) is 24.8 Å². The van der Waals surface area contributed by atoms with Crippen molar-refractivity contribution in [2.45, 2.75) is 19.4 Å². The maximum absolute atomic E-state index is 5.66. The van der Waals surface area contributed by atoms with Crippen molar-refractivity contribution < 1.29 is 4.42 Å². The summed E-state index contributed by atoms with van der Waals surface area (Å²) in [4.78, 5) is 11.2. The molecule has 0 spiro atoms. The van der Waals surface area contributed by atoms with Gasteiger partial charge in [0.05, 0.1) is 5.69 Å². The maximum atomic E-state index is 5.66. The Morgan fingerprint density at radius 1 is 0.920 bits per heavy atom. The van der Waals surface area contributed by atoms with Crippen molar-refractivity contribution in [2.24, 2.45) is 0 Å². The summed E-state index contributed by atoms with van der Waals surface area (Å²) in [7, 11) is 0. The molecule has 0 unspecified atom stereocenters. The first-order valence-electron chi connectivity index (χ1n) is 8.06. The van der Waals surface area contributed by atoms with Crippen LogP contribution in [0.2, 0.25) is 0 Å². The first-order chi connectivity index (χ1) is 11.4. The summed E-state index contributed by atoms with van der Waals surface area (Å²) < 4.78 is 5.66. The summed E-state index contributed by atoms with van der Waals surface area (Å²) in [5.74, 6) is 0.692. The number of benzene rings is 1. The van der Waals surface area contributed by atoms with Gasteiger partial charge in [0.15, 0.2) is 0 Å². The molecule has 1 saturated heterocycles. The van der Waals surface area contributed by atoms with Gasteiger partial charge in [0.2, 0.25) is 5.89 Å². The number of rotatable bonds is 4. The number of halogens is 2. The maximum Gasteiger partial charge on any atom is 0.226 e. The Hall–Kier alpha value is -1.88. The molecule has 3 aromatic rings. The molecule has 132 valence electrons. The monoisotopic (exact) mass is 377 g/mol. The van der Waals surface area contributed by atoms with E-state index in [9.17, 15) is 0 Å². The summed E-state index contributed by atoms with van der Waals surface area (Å²) in [5, 5.41) is 0. The molecular weight excluding hydrogens is 357 g/mol. The molecule has 6 heteroatoms. The Bertz CT molecular complexity index is 769. The van der Waals surface area contributed by atoms with E-state index in [1.165, 1.54) is 25.9 Å². The summed E-state index contributed by atoms with van der Waals surface area (Å²) >= 11 is 0. The second-order valence-electron chi connectivity index (χ2n) is 5.95. The van der Waals surface area contributed by atoms with Crippen molar-refractivity contribution in [1.82, 2.24) is 14.9 Å². The molecular formula is C19H21Cl2N3O. The van der Waals surface area contributed by atoms with Crippen molar-refractivity contribution in [3.8, 4) is 22.6 Å². The topological polar surface area (TPSA) is 42.2 Å². The highest BCUT2D eigenvalue weighted by molar-refractivity contribution is 5.85. The number of aromatic nitrogens is 2. The van der Waals surface area contributed by atoms with E-state index in [2.05, 4.69) is 33.1 Å². The van der Waals surface area contributed by atoms with E-state index in [0.717, 1.165) is 28.9 Å². The van der Waals surface area contributed by atoms with Gasteiger partial charge in [0.25, 0.3) is 0 Å². The Labute approximate surface area is 160 Å². The third-order valence-corrected chi connectivity index (χ3v) is 4.26. The Morgan fingerprint density at radius 2 is 1.64 bits per heavy atom. The largest absolute Gasteiger partial charge is 0.444 e. The molecule has 0 bridgehead atoms. The van der Waals surface area contributed by atoms with E-state index in [0.29, 0.717) is 5.89 Å². The van der Waals surface area contributed by atoms with Crippen LogP contribution in [-0.4, -0.2) is 28.0 Å². The van der Waals surface area contributed by atoms with Gasteiger partial charge in [-0.3, -0.25) is 9.88 Å². The lowest BCUT2D eigenvalue weighted by Gasteiger charge is -2.11. The molecule has 0 atom stereocenters. The van der Waals surface area contributed by atoms with Gasteiger partial charge < -0.3 is 4.42 Å². The van der Waals surface area contributed by atoms with Gasteiger partial charge in [-0.1, -0.05) is 18.2 Å². The molecule has 2 aromatic heterocycles. The van der Waals surface area contributed by atoms with Crippen LogP contribution in [0.25, 0.3) is 22.6 Å². The predicted octanol–water partition coefficient (Wildman–Crippen LogP) is 4.84. The third kappa shape index (κ3) is 4.60. The Morgan fingerprint density at radius 3 is 2.32 bits per heavy atom. The van der Waals surface area contributed by atoms with Crippen LogP contribution in [0, 0.1) is 0 Å². The standard InChI is InChI=1S/C19H19N3O.2ClH/c1-2-11-22(10-1)13-18-14-23-19(21-18)16-7-5-15(6-8-16)17-4-3-9-20-12-17;;/h3-9,12,14H,1-2,10-11,13H2;2*1H. The number of nitrogens with zero attached hydrogens (tertiary/aromatic N) is 3. The summed E-state index contributed by atoms with van der Waals surface area (Å²) in [6.07, 6.45) is 8.02. The molecule has 3 heterocycles. The van der Waals surface area contributed by atoms with Crippen molar-refractivity contribution in [1.29, 1.82) is 0 Å². The molecule has 0 saturated carbocycles. The first-order valence-corrected chi connectivity index (χ1v) is 8.06. The summed E-state index contributed by atoms with van der Waals surface area (Å²) in [5.41, 5.74) is 4.27. The van der Waals surface area contributed by atoms with Crippen LogP contribution in [0.1, 0.15) is 18.5 Å². The fraction of sp³-hybridized carbons (Fsp3) is 0.263. The van der Waals surface area contributed by atoms with Gasteiger partial charge in [-0.2, -0.15) is 0 Å². The summed E-state index contributed by atoms with van der Waals surface area (Å²) in [6, 6.07) is 12.3. The van der Waals surface area contributed by atoms with Crippen molar-refractivity contribution in [3.05, 3.63) is 60.7 Å². The quantitative estimate of drug-likeness (QED) is 0.651. The van der Waals surface area contributed by atoms with E-state index >= 15 is 0 Å². The SMILES string of the molecule is Cl.Cl.c1cncc(-c2ccc(-c3nc(CN4CCCC4)co3)cc2)c1. The molecule has 25 heavy (non-hydrogen) atoms. The lowest BCUT2D eigenvalue weighted by Crippen LogP contribution is -2.18. The molecule has 1 fully saturated rings. The zero-order chi connectivity index (χ0) is 15.5. The highest BCUT2D eigenvalue weighted by atomic mass is 35.5. The van der Waals surface area contributed by atoms with Crippen molar-refractivity contribution in [2.75, 3.05) is 13.1 Å². The lowest BCUT2D eigenvalue weighted by molar-refractivity contribution is 0.327. The minimum Gasteiger partial charge on any atom is -0.444 e. The van der Waals surface area contributed by atoms with E-state index in [1.807, 2.05) is 24.4 Å². The molecule has 0 amide bonds. The number of pyridine rings is 1. The van der Waals surface area contributed by atoms with Gasteiger partial charge in [-0.05, 0) is 55.3 Å². The van der Waals surface area contributed by atoms with Gasteiger partial charge in [0.1, 0.15) is 6.26 Å². The Balaban J connectivity index is 0.00000113. The van der Waals surface area contributed by atoms with Crippen LogP contribution < -0.4 is 0 Å². The highest BCUT2D eigenvalue weighted by Gasteiger charge is 2.14. The van der Waals surface area contributed by atoms with Crippen LogP contribution in [0.3, 0.4) is 0 Å². The molecule has 1 aromatic carbocycles. The highest BCUT2D eigenvalue weighted by Crippen LogP contribution is 2.24. The van der Waals surface area contributed by atoms with Gasteiger partial charge in [0, 0.05) is 24.5 Å². The zero-order valence-corrected chi connectivity index (χ0v) is 15.4. The molecule has 0 N–H and O–H groups in total. The smallest absolute Gasteiger partial charge is 0.226 e. The normalized spacial score (nSPS) is 13.9. The first kappa shape index (κ1) is 19.4. The average Bonchev–Trinajstić information content (AvgIpc) is 3.28. The second-order valence-corrected chi connectivity index (χ2v) is 5.95. The second kappa shape index (κ2) is 8.99. The number of oxazole rings is 1. The van der Waals surface area contributed by atoms with E-state index in [4.69, 9.17) is 4.42 Å². The molecule has 0 radical (unpaired) electrons. The minimum absolute atomic E-state index is 0. The van der Waals surface area contributed by atoms with Crippen LogP contribution >= 0.6 is 24.8 Å². The average molecular weight is 378 g/mol.